The van der Waals surface area contributed by atoms with Crippen LogP contribution in [0.1, 0.15) is 69.2 Å². The van der Waals surface area contributed by atoms with Crippen LogP contribution in [0.15, 0.2) is 54.6 Å². The number of esters is 2. The van der Waals surface area contributed by atoms with Gasteiger partial charge in [0.05, 0.1) is 42.0 Å². The lowest BCUT2D eigenvalue weighted by Gasteiger charge is -2.35. The number of nitrogens with zero attached hydrogens (tertiary/aromatic N) is 1. The molecular weight excluding hydrogens is 670 g/mol. The first-order valence-corrected chi connectivity index (χ1v) is 17.3. The third kappa shape index (κ3) is 10.7. The van der Waals surface area contributed by atoms with E-state index >= 15 is 0 Å². The van der Waals surface area contributed by atoms with Crippen LogP contribution in [0.5, 0.6) is 34.5 Å². The standard InChI is InChI=1S/C40H51NO11/c1-40(2,3)52-37(43)25-50-29-13-11-12-28(24-29)31(17-15-26-16-18-32(45-4)33(20-26)46-5)51-39(44)30-14-9-10-19-41(30)36(42)23-27-21-34(47-6)38(49-8)35(22-27)48-7/h11-13,16,18,20-22,24,30-31H,9-10,14-15,17,19,23,25H2,1-8H3/t30-,31+/m0/s1. The molecule has 0 radical (unpaired) electrons. The summed E-state index contributed by atoms with van der Waals surface area (Å²) in [5.74, 6) is 1.73. The molecule has 12 heteroatoms. The highest BCUT2D eigenvalue weighted by Gasteiger charge is 2.35. The topological polar surface area (TPSA) is 128 Å². The Morgan fingerprint density at radius 1 is 0.788 bits per heavy atom. The highest BCUT2D eigenvalue weighted by Crippen LogP contribution is 2.39. The van der Waals surface area contributed by atoms with Gasteiger partial charge in [-0.15, -0.1) is 0 Å². The molecule has 52 heavy (non-hydrogen) atoms. The van der Waals surface area contributed by atoms with E-state index in [4.69, 9.17) is 37.9 Å². The molecule has 12 nitrogen and oxygen atoms in total. The van der Waals surface area contributed by atoms with Gasteiger partial charge >= 0.3 is 11.9 Å². The first kappa shape index (κ1) is 39.7. The molecule has 0 bridgehead atoms. The molecule has 3 aromatic rings. The Labute approximate surface area is 306 Å². The summed E-state index contributed by atoms with van der Waals surface area (Å²) in [6.45, 7) is 5.51. The van der Waals surface area contributed by atoms with Crippen LogP contribution in [-0.4, -0.2) is 83.1 Å². The molecular formula is C40H51NO11. The normalized spacial score (nSPS) is 14.8. The summed E-state index contributed by atoms with van der Waals surface area (Å²) < 4.78 is 44.7. The van der Waals surface area contributed by atoms with Gasteiger partial charge in [-0.05, 0) is 106 Å². The molecule has 3 aromatic carbocycles. The average Bonchev–Trinajstić information content (AvgIpc) is 3.14. The lowest BCUT2D eigenvalue weighted by atomic mass is 9.99. The van der Waals surface area contributed by atoms with Gasteiger partial charge in [0.15, 0.2) is 29.6 Å². The van der Waals surface area contributed by atoms with E-state index in [0.717, 1.165) is 18.4 Å². The fraction of sp³-hybridized carbons (Fsp3) is 0.475. The van der Waals surface area contributed by atoms with E-state index in [2.05, 4.69) is 0 Å². The van der Waals surface area contributed by atoms with E-state index in [1.807, 2.05) is 24.3 Å². The molecule has 0 aromatic heterocycles. The van der Waals surface area contributed by atoms with E-state index in [-0.39, 0.29) is 18.9 Å². The van der Waals surface area contributed by atoms with Crippen LogP contribution in [0.3, 0.4) is 0 Å². The molecule has 0 aliphatic carbocycles. The van der Waals surface area contributed by atoms with Gasteiger partial charge in [-0.25, -0.2) is 9.59 Å². The van der Waals surface area contributed by atoms with E-state index in [0.29, 0.717) is 71.4 Å². The Balaban J connectivity index is 1.56. The number of likely N-dealkylation sites (tertiary alicyclic amines) is 1. The van der Waals surface area contributed by atoms with Gasteiger partial charge in [-0.1, -0.05) is 18.2 Å². The molecule has 0 saturated carbocycles. The van der Waals surface area contributed by atoms with Gasteiger partial charge < -0.3 is 42.8 Å². The van der Waals surface area contributed by atoms with Crippen molar-refractivity contribution in [1.82, 2.24) is 4.90 Å². The molecule has 1 aliphatic heterocycles. The van der Waals surface area contributed by atoms with Crippen molar-refractivity contribution in [2.45, 2.75) is 77.0 Å². The van der Waals surface area contributed by atoms with Crippen LogP contribution in [-0.2, 0) is 36.7 Å². The predicted octanol–water partition coefficient (Wildman–Crippen LogP) is 6.29. The minimum atomic E-state index is -0.765. The maximum Gasteiger partial charge on any atom is 0.344 e. The summed E-state index contributed by atoms with van der Waals surface area (Å²) in [5, 5.41) is 0. The van der Waals surface area contributed by atoms with Crippen molar-refractivity contribution in [1.29, 1.82) is 0 Å². The van der Waals surface area contributed by atoms with Crippen LogP contribution in [0.25, 0.3) is 0 Å². The van der Waals surface area contributed by atoms with Crippen LogP contribution in [0, 0.1) is 0 Å². The third-order valence-corrected chi connectivity index (χ3v) is 8.58. The van der Waals surface area contributed by atoms with Crippen molar-refractivity contribution < 1.29 is 52.3 Å². The molecule has 1 fully saturated rings. The van der Waals surface area contributed by atoms with Crippen molar-refractivity contribution in [2.75, 3.05) is 48.7 Å². The maximum absolute atomic E-state index is 14.1. The molecule has 0 unspecified atom stereocenters. The van der Waals surface area contributed by atoms with Gasteiger partial charge in [0, 0.05) is 6.54 Å². The van der Waals surface area contributed by atoms with Gasteiger partial charge in [0.25, 0.3) is 0 Å². The van der Waals surface area contributed by atoms with Gasteiger partial charge in [0.1, 0.15) is 23.5 Å². The Bertz CT molecular complexity index is 1660. The summed E-state index contributed by atoms with van der Waals surface area (Å²) in [6, 6.07) is 15.5. The molecule has 1 saturated heterocycles. The van der Waals surface area contributed by atoms with Gasteiger partial charge in [0.2, 0.25) is 11.7 Å². The van der Waals surface area contributed by atoms with E-state index in [1.54, 1.807) is 70.2 Å². The first-order chi connectivity index (χ1) is 24.9. The SMILES string of the molecule is COc1ccc(CC[C@@H](OC(=O)[C@@H]2CCCCN2C(=O)Cc2cc(OC)c(OC)c(OC)c2)c2cccc(OCC(=O)OC(C)(C)C)c2)cc1OC. The number of piperidine rings is 1. The van der Waals surface area contributed by atoms with Gasteiger partial charge in [-0.2, -0.15) is 0 Å². The highest BCUT2D eigenvalue weighted by molar-refractivity contribution is 5.86. The lowest BCUT2D eigenvalue weighted by molar-refractivity contribution is -0.162. The van der Waals surface area contributed by atoms with Crippen molar-refractivity contribution in [2.24, 2.45) is 0 Å². The number of carbonyl (C=O) groups excluding carboxylic acids is 3. The number of rotatable bonds is 16. The highest BCUT2D eigenvalue weighted by atomic mass is 16.6. The average molecular weight is 722 g/mol. The van der Waals surface area contributed by atoms with E-state index < -0.39 is 29.7 Å². The molecule has 2 atom stereocenters. The second-order valence-corrected chi connectivity index (χ2v) is 13.4. The molecule has 1 amide bonds. The fourth-order valence-electron chi connectivity index (χ4n) is 6.15. The predicted molar refractivity (Wildman–Crippen MR) is 194 cm³/mol. The minimum absolute atomic E-state index is 0.0280. The van der Waals surface area contributed by atoms with Crippen molar-refractivity contribution in [3.05, 3.63) is 71.3 Å². The zero-order valence-corrected chi connectivity index (χ0v) is 31.4. The Morgan fingerprint density at radius 2 is 1.46 bits per heavy atom. The summed E-state index contributed by atoms with van der Waals surface area (Å²) in [6.07, 6.45) is 2.31. The van der Waals surface area contributed by atoms with Crippen LogP contribution < -0.4 is 28.4 Å². The van der Waals surface area contributed by atoms with Crippen molar-refractivity contribution in [3.63, 3.8) is 0 Å². The molecule has 1 heterocycles. The quantitative estimate of drug-likeness (QED) is 0.155. The van der Waals surface area contributed by atoms with Gasteiger partial charge in [-0.3, -0.25) is 4.79 Å². The summed E-state index contributed by atoms with van der Waals surface area (Å²) in [7, 11) is 7.71. The van der Waals surface area contributed by atoms with Crippen molar-refractivity contribution in [3.8, 4) is 34.5 Å². The summed E-state index contributed by atoms with van der Waals surface area (Å²) in [5.41, 5.74) is 1.65. The van der Waals surface area contributed by atoms with Crippen LogP contribution in [0.4, 0.5) is 0 Å². The minimum Gasteiger partial charge on any atom is -0.493 e. The van der Waals surface area contributed by atoms with Crippen LogP contribution >= 0.6 is 0 Å². The molecule has 0 N–H and O–H groups in total. The monoisotopic (exact) mass is 721 g/mol. The number of ether oxygens (including phenoxy) is 8. The van der Waals surface area contributed by atoms with E-state index in [1.165, 1.54) is 21.3 Å². The number of hydrogen-bond acceptors (Lipinski definition) is 11. The second kappa shape index (κ2) is 18.4. The van der Waals surface area contributed by atoms with E-state index in [9.17, 15) is 14.4 Å². The largest absolute Gasteiger partial charge is 0.493 e. The smallest absolute Gasteiger partial charge is 0.344 e. The zero-order chi connectivity index (χ0) is 37.8. The molecule has 4 rings (SSSR count). The zero-order valence-electron chi connectivity index (χ0n) is 31.4. The number of aryl methyl sites for hydroxylation is 1. The number of amides is 1. The third-order valence-electron chi connectivity index (χ3n) is 8.58. The second-order valence-electron chi connectivity index (χ2n) is 13.4. The first-order valence-electron chi connectivity index (χ1n) is 17.3. The Hall–Kier alpha value is -5.13. The number of hydrogen-bond donors (Lipinski definition) is 0. The molecule has 0 spiro atoms. The van der Waals surface area contributed by atoms with Crippen LogP contribution in [0.2, 0.25) is 0 Å². The summed E-state index contributed by atoms with van der Waals surface area (Å²) in [4.78, 5) is 41.8. The Morgan fingerprint density at radius 3 is 2.10 bits per heavy atom. The molecule has 282 valence electrons. The maximum atomic E-state index is 14.1. The molecule has 1 aliphatic rings. The lowest BCUT2D eigenvalue weighted by Crippen LogP contribution is -2.49. The number of carbonyl (C=O) groups is 3. The number of benzene rings is 3. The number of methoxy groups -OCH3 is 5. The summed E-state index contributed by atoms with van der Waals surface area (Å²) >= 11 is 0. The Kier molecular flexibility index (Phi) is 14.0. The fourth-order valence-corrected chi connectivity index (χ4v) is 6.15. The van der Waals surface area contributed by atoms with Crippen molar-refractivity contribution >= 4 is 17.8 Å².